The van der Waals surface area contributed by atoms with E-state index in [-0.39, 0.29) is 38.6 Å². The Labute approximate surface area is 210 Å². The highest BCUT2D eigenvalue weighted by molar-refractivity contribution is 7.89. The van der Waals surface area contributed by atoms with Gasteiger partial charge in [-0.05, 0) is 37.1 Å². The van der Waals surface area contributed by atoms with E-state index in [9.17, 15) is 26.4 Å². The maximum atomic E-state index is 13.4. The van der Waals surface area contributed by atoms with Crippen LogP contribution in [-0.2, 0) is 10.0 Å². The number of hydrogen-bond acceptors (Lipinski definition) is 5. The first kappa shape index (κ1) is 24.6. The molecule has 1 saturated carbocycles. The molecule has 0 radical (unpaired) electrons. The molecule has 1 aromatic carbocycles. The Bertz CT molecular complexity index is 1270. The smallest absolute Gasteiger partial charge is 0.255 e. The van der Waals surface area contributed by atoms with Crippen molar-refractivity contribution in [2.75, 3.05) is 18.0 Å². The maximum absolute atomic E-state index is 13.4. The number of benzene rings is 1. The Morgan fingerprint density at radius 3 is 2.34 bits per heavy atom. The molecule has 188 valence electrons. The normalized spacial score (nSPS) is 23.9. The highest BCUT2D eigenvalue weighted by Crippen LogP contribution is 2.39. The first-order chi connectivity index (χ1) is 16.4. The van der Waals surface area contributed by atoms with Gasteiger partial charge in [0.1, 0.15) is 16.8 Å². The molecule has 2 saturated heterocycles. The van der Waals surface area contributed by atoms with Crippen LogP contribution in [0.4, 0.5) is 19.0 Å². The third-order valence-electron chi connectivity index (χ3n) is 6.67. The van der Waals surface area contributed by atoms with E-state index in [1.807, 2.05) is 4.90 Å². The van der Waals surface area contributed by atoms with Gasteiger partial charge in [-0.3, -0.25) is 4.79 Å². The van der Waals surface area contributed by atoms with Gasteiger partial charge in [-0.15, -0.1) is 0 Å². The molecule has 7 nitrogen and oxygen atoms in total. The standard InChI is InChI=1S/C22H21Cl2F3N4O3S/c23-18-5-12(25)1-4-17(18)21(32)30-10-14-2-3-15(11-30)31(14)20-7-16(6-19(24)28-20)35(33,34)29-13-8-22(26,27)9-13/h1,4-7,13-15,29H,2-3,8-11H2. The van der Waals surface area contributed by atoms with Gasteiger partial charge in [0.2, 0.25) is 10.0 Å². The highest BCUT2D eigenvalue weighted by Gasteiger charge is 2.47. The van der Waals surface area contributed by atoms with Gasteiger partial charge in [0.25, 0.3) is 11.8 Å². The Morgan fingerprint density at radius 2 is 1.74 bits per heavy atom. The zero-order chi connectivity index (χ0) is 25.1. The molecule has 13 heteroatoms. The second-order valence-corrected chi connectivity index (χ2v) is 11.7. The van der Waals surface area contributed by atoms with E-state index in [1.165, 1.54) is 24.3 Å². The van der Waals surface area contributed by atoms with Crippen molar-refractivity contribution in [3.05, 3.63) is 51.9 Å². The van der Waals surface area contributed by atoms with Gasteiger partial charge >= 0.3 is 0 Å². The number of halogens is 5. The first-order valence-corrected chi connectivity index (χ1v) is 13.3. The Morgan fingerprint density at radius 1 is 1.09 bits per heavy atom. The van der Waals surface area contributed by atoms with Crippen LogP contribution in [0.1, 0.15) is 36.0 Å². The van der Waals surface area contributed by atoms with Crippen molar-refractivity contribution in [1.82, 2.24) is 14.6 Å². The molecule has 2 aromatic rings. The number of rotatable bonds is 5. The van der Waals surface area contributed by atoms with E-state index in [4.69, 9.17) is 23.2 Å². The Hall–Kier alpha value is -2.08. The van der Waals surface area contributed by atoms with Gasteiger partial charge in [0.15, 0.2) is 0 Å². The van der Waals surface area contributed by atoms with Crippen LogP contribution in [0.3, 0.4) is 0 Å². The van der Waals surface area contributed by atoms with Gasteiger partial charge in [-0.2, -0.15) is 0 Å². The minimum Gasteiger partial charge on any atom is -0.347 e. The fourth-order valence-corrected chi connectivity index (χ4v) is 6.84. The number of aromatic nitrogens is 1. The number of piperazine rings is 1. The van der Waals surface area contributed by atoms with Crippen LogP contribution in [0.2, 0.25) is 10.2 Å². The van der Waals surface area contributed by atoms with E-state index in [0.717, 1.165) is 18.9 Å². The lowest BCUT2D eigenvalue weighted by molar-refractivity contribution is -0.0876. The largest absolute Gasteiger partial charge is 0.347 e. The molecule has 2 unspecified atom stereocenters. The fourth-order valence-electron chi connectivity index (χ4n) is 5.06. The summed E-state index contributed by atoms with van der Waals surface area (Å²) in [6.45, 7) is 0.684. The third-order valence-corrected chi connectivity index (χ3v) is 8.68. The van der Waals surface area contributed by atoms with Crippen LogP contribution in [0.25, 0.3) is 0 Å². The van der Waals surface area contributed by atoms with Crippen LogP contribution >= 0.6 is 23.2 Å². The maximum Gasteiger partial charge on any atom is 0.255 e. The summed E-state index contributed by atoms with van der Waals surface area (Å²) < 4.78 is 67.6. The Balaban J connectivity index is 1.35. The molecule has 1 aliphatic carbocycles. The number of hydrogen-bond donors (Lipinski definition) is 1. The topological polar surface area (TPSA) is 82.6 Å². The number of pyridine rings is 1. The zero-order valence-electron chi connectivity index (χ0n) is 18.2. The number of alkyl halides is 2. The van der Waals surface area contributed by atoms with Gasteiger partial charge in [0, 0.05) is 50.1 Å². The van der Waals surface area contributed by atoms with E-state index in [2.05, 4.69) is 9.71 Å². The number of fused-ring (bicyclic) bond motifs is 2. The number of anilines is 1. The molecule has 5 rings (SSSR count). The van der Waals surface area contributed by atoms with Crippen LogP contribution < -0.4 is 9.62 Å². The molecule has 2 aliphatic heterocycles. The second-order valence-electron chi connectivity index (χ2n) is 9.19. The van der Waals surface area contributed by atoms with Gasteiger partial charge < -0.3 is 9.80 Å². The van der Waals surface area contributed by atoms with Crippen LogP contribution in [0.5, 0.6) is 0 Å². The molecule has 1 amide bonds. The van der Waals surface area contributed by atoms with Crippen LogP contribution in [0.15, 0.2) is 35.2 Å². The van der Waals surface area contributed by atoms with Crippen molar-refractivity contribution >= 4 is 45.0 Å². The van der Waals surface area contributed by atoms with Crippen molar-refractivity contribution in [1.29, 1.82) is 0 Å². The van der Waals surface area contributed by atoms with Crippen molar-refractivity contribution in [3.8, 4) is 0 Å². The number of carbonyl (C=O) groups excluding carboxylic acids is 1. The van der Waals surface area contributed by atoms with Gasteiger partial charge in [-0.1, -0.05) is 23.2 Å². The lowest BCUT2D eigenvalue weighted by Gasteiger charge is -2.42. The van der Waals surface area contributed by atoms with Gasteiger partial charge in [0.05, 0.1) is 15.5 Å². The summed E-state index contributed by atoms with van der Waals surface area (Å²) in [5.74, 6) is -3.36. The van der Waals surface area contributed by atoms with Crippen molar-refractivity contribution in [2.24, 2.45) is 0 Å². The number of sulfonamides is 1. The molecule has 2 atom stereocenters. The third kappa shape index (κ3) is 4.83. The predicted octanol–water partition coefficient (Wildman–Crippen LogP) is 4.10. The Kier molecular flexibility index (Phi) is 6.18. The molecular weight excluding hydrogens is 528 g/mol. The zero-order valence-corrected chi connectivity index (χ0v) is 20.6. The second kappa shape index (κ2) is 8.79. The molecule has 2 bridgehead atoms. The lowest BCUT2D eigenvalue weighted by Crippen LogP contribution is -2.55. The van der Waals surface area contributed by atoms with Crippen molar-refractivity contribution in [2.45, 2.75) is 54.6 Å². The summed E-state index contributed by atoms with van der Waals surface area (Å²) in [6, 6.07) is 5.07. The number of nitrogens with one attached hydrogen (secondary N) is 1. The monoisotopic (exact) mass is 548 g/mol. The number of likely N-dealkylation sites (tertiary alicyclic amines) is 1. The van der Waals surface area contributed by atoms with Crippen LogP contribution in [0, 0.1) is 5.82 Å². The summed E-state index contributed by atoms with van der Waals surface area (Å²) in [6.07, 6.45) is 0.404. The molecule has 1 N–H and O–H groups in total. The number of nitrogens with zero attached hydrogens (tertiary/aromatic N) is 3. The molecule has 35 heavy (non-hydrogen) atoms. The molecule has 3 aliphatic rings. The van der Waals surface area contributed by atoms with Crippen molar-refractivity contribution < 1.29 is 26.4 Å². The number of amides is 1. The average molecular weight is 549 g/mol. The van der Waals surface area contributed by atoms with E-state index in [1.54, 1.807) is 4.90 Å². The summed E-state index contributed by atoms with van der Waals surface area (Å²) in [4.78, 5) is 20.8. The van der Waals surface area contributed by atoms with E-state index in [0.29, 0.717) is 18.9 Å². The predicted molar refractivity (Wildman–Crippen MR) is 124 cm³/mol. The lowest BCUT2D eigenvalue weighted by atomic mass is 9.89. The first-order valence-electron chi connectivity index (χ1n) is 11.0. The fraction of sp³-hybridized carbons (Fsp3) is 0.455. The van der Waals surface area contributed by atoms with Gasteiger partial charge in [-0.25, -0.2) is 31.3 Å². The van der Waals surface area contributed by atoms with Crippen molar-refractivity contribution in [3.63, 3.8) is 0 Å². The summed E-state index contributed by atoms with van der Waals surface area (Å²) in [7, 11) is -4.08. The highest BCUT2D eigenvalue weighted by atomic mass is 35.5. The summed E-state index contributed by atoms with van der Waals surface area (Å²) in [5, 5.41) is -0.00864. The summed E-state index contributed by atoms with van der Waals surface area (Å²) in [5.41, 5.74) is 0.211. The molecular formula is C22H21Cl2F3N4O3S. The SMILES string of the molecule is O=C(c1ccc(F)cc1Cl)N1CC2CCC(C1)N2c1cc(S(=O)(=O)NC2CC(F)(F)C2)cc(Cl)n1. The minimum atomic E-state index is -4.08. The average Bonchev–Trinajstić information content (AvgIpc) is 3.00. The van der Waals surface area contributed by atoms with Crippen LogP contribution in [-0.4, -0.2) is 61.3 Å². The molecule has 3 fully saturated rings. The number of carbonyl (C=O) groups is 1. The quantitative estimate of drug-likeness (QED) is 0.569. The molecule has 1 aromatic heterocycles. The summed E-state index contributed by atoms with van der Waals surface area (Å²) >= 11 is 12.2. The van der Waals surface area contributed by atoms with E-state index < -0.39 is 40.6 Å². The van der Waals surface area contributed by atoms with E-state index >= 15 is 0 Å². The molecule has 3 heterocycles. The molecule has 0 spiro atoms. The minimum absolute atomic E-state index is 0.0351.